The molecule has 0 saturated heterocycles. The van der Waals surface area contributed by atoms with E-state index < -0.39 is 16.6 Å². The molecule has 112 valence electrons. The van der Waals surface area contributed by atoms with E-state index >= 15 is 0 Å². The monoisotopic (exact) mass is 313 g/mol. The maximum absolute atomic E-state index is 12.3. The van der Waals surface area contributed by atoms with E-state index in [4.69, 9.17) is 0 Å². The summed E-state index contributed by atoms with van der Waals surface area (Å²) in [6.45, 7) is -1.38. The SMILES string of the molecule is Cc1ccccc1S(=O)(=O)Nc1ccccc1OC(F)F. The number of para-hydroxylation sites is 2. The van der Waals surface area contributed by atoms with Gasteiger partial charge in [-0.3, -0.25) is 4.72 Å². The number of anilines is 1. The van der Waals surface area contributed by atoms with Crippen LogP contribution in [0, 0.1) is 6.92 Å². The standard InChI is InChI=1S/C14H13F2NO3S/c1-10-6-2-5-9-13(10)21(18,19)17-11-7-3-4-8-12(11)20-14(15)16/h2-9,14,17H,1H3. The summed E-state index contributed by atoms with van der Waals surface area (Å²) in [7, 11) is -3.88. The molecule has 1 N–H and O–H groups in total. The molecule has 0 atom stereocenters. The summed E-state index contributed by atoms with van der Waals surface area (Å²) < 4.78 is 55.8. The summed E-state index contributed by atoms with van der Waals surface area (Å²) in [6.07, 6.45) is 0. The summed E-state index contributed by atoms with van der Waals surface area (Å²) >= 11 is 0. The second-order valence-electron chi connectivity index (χ2n) is 4.25. The Balaban J connectivity index is 2.36. The van der Waals surface area contributed by atoms with Crippen molar-refractivity contribution in [1.82, 2.24) is 0 Å². The number of halogens is 2. The Morgan fingerprint density at radius 1 is 1.05 bits per heavy atom. The lowest BCUT2D eigenvalue weighted by molar-refractivity contribution is -0.0493. The number of aryl methyl sites for hydroxylation is 1. The van der Waals surface area contributed by atoms with Crippen LogP contribution in [0.3, 0.4) is 0 Å². The molecule has 2 aromatic rings. The zero-order chi connectivity index (χ0) is 15.5. The van der Waals surface area contributed by atoms with E-state index in [1.54, 1.807) is 25.1 Å². The Kier molecular flexibility index (Phi) is 4.42. The van der Waals surface area contributed by atoms with Crippen molar-refractivity contribution >= 4 is 15.7 Å². The Morgan fingerprint density at radius 2 is 1.67 bits per heavy atom. The number of nitrogens with one attached hydrogen (secondary N) is 1. The first kappa shape index (κ1) is 15.2. The highest BCUT2D eigenvalue weighted by Crippen LogP contribution is 2.28. The highest BCUT2D eigenvalue weighted by atomic mass is 32.2. The van der Waals surface area contributed by atoms with Crippen LogP contribution in [0.1, 0.15) is 5.56 Å². The molecule has 0 unspecified atom stereocenters. The lowest BCUT2D eigenvalue weighted by Crippen LogP contribution is -2.15. The zero-order valence-corrected chi connectivity index (χ0v) is 11.9. The van der Waals surface area contributed by atoms with Gasteiger partial charge in [-0.05, 0) is 30.7 Å². The number of hydrogen-bond acceptors (Lipinski definition) is 3. The highest BCUT2D eigenvalue weighted by Gasteiger charge is 2.19. The molecule has 0 aliphatic rings. The molecular weight excluding hydrogens is 300 g/mol. The second-order valence-corrected chi connectivity index (χ2v) is 5.90. The number of benzene rings is 2. The summed E-state index contributed by atoms with van der Waals surface area (Å²) in [5.41, 5.74) is 0.512. The normalized spacial score (nSPS) is 11.4. The van der Waals surface area contributed by atoms with E-state index in [0.717, 1.165) is 0 Å². The molecule has 0 radical (unpaired) electrons. The van der Waals surface area contributed by atoms with Gasteiger partial charge in [0.05, 0.1) is 10.6 Å². The minimum absolute atomic E-state index is 0.0407. The van der Waals surface area contributed by atoms with Crippen LogP contribution in [0.2, 0.25) is 0 Å². The quantitative estimate of drug-likeness (QED) is 0.920. The van der Waals surface area contributed by atoms with Crippen LogP contribution in [-0.2, 0) is 10.0 Å². The van der Waals surface area contributed by atoms with E-state index in [1.165, 1.54) is 30.3 Å². The summed E-state index contributed by atoms with van der Waals surface area (Å²) in [4.78, 5) is 0.0804. The summed E-state index contributed by atoms with van der Waals surface area (Å²) in [5, 5.41) is 0. The lowest BCUT2D eigenvalue weighted by atomic mass is 10.2. The first-order chi connectivity index (χ1) is 9.90. The molecule has 0 amide bonds. The average Bonchev–Trinajstić information content (AvgIpc) is 2.40. The van der Waals surface area contributed by atoms with E-state index in [2.05, 4.69) is 9.46 Å². The highest BCUT2D eigenvalue weighted by molar-refractivity contribution is 7.92. The van der Waals surface area contributed by atoms with Gasteiger partial charge in [0.25, 0.3) is 10.0 Å². The smallest absolute Gasteiger partial charge is 0.387 e. The van der Waals surface area contributed by atoms with E-state index in [-0.39, 0.29) is 16.3 Å². The maximum Gasteiger partial charge on any atom is 0.387 e. The van der Waals surface area contributed by atoms with Crippen LogP contribution in [0.25, 0.3) is 0 Å². The van der Waals surface area contributed by atoms with Gasteiger partial charge >= 0.3 is 6.61 Å². The van der Waals surface area contributed by atoms with Gasteiger partial charge in [-0.2, -0.15) is 8.78 Å². The predicted octanol–water partition coefficient (Wildman–Crippen LogP) is 3.40. The molecule has 4 nitrogen and oxygen atoms in total. The van der Waals surface area contributed by atoms with Crippen molar-refractivity contribution in [3.8, 4) is 5.75 Å². The Bertz CT molecular complexity index is 733. The van der Waals surface area contributed by atoms with Crippen LogP contribution in [-0.4, -0.2) is 15.0 Å². The topological polar surface area (TPSA) is 55.4 Å². The predicted molar refractivity (Wildman–Crippen MR) is 75.1 cm³/mol. The molecule has 2 rings (SSSR count). The van der Waals surface area contributed by atoms with Gasteiger partial charge in [0.1, 0.15) is 5.75 Å². The molecule has 0 spiro atoms. The summed E-state index contributed by atoms with van der Waals surface area (Å²) in [6, 6.07) is 12.0. The maximum atomic E-state index is 12.3. The van der Waals surface area contributed by atoms with E-state index in [1.807, 2.05) is 0 Å². The number of sulfonamides is 1. The fourth-order valence-corrected chi connectivity index (χ4v) is 3.13. The van der Waals surface area contributed by atoms with Crippen molar-refractivity contribution in [1.29, 1.82) is 0 Å². The number of hydrogen-bond donors (Lipinski definition) is 1. The van der Waals surface area contributed by atoms with Crippen molar-refractivity contribution in [3.05, 3.63) is 54.1 Å². The minimum atomic E-state index is -3.88. The molecule has 2 aromatic carbocycles. The van der Waals surface area contributed by atoms with Crippen LogP contribution in [0.4, 0.5) is 14.5 Å². The van der Waals surface area contributed by atoms with Crippen molar-refractivity contribution in [2.45, 2.75) is 18.4 Å². The van der Waals surface area contributed by atoms with Crippen LogP contribution < -0.4 is 9.46 Å². The third-order valence-corrected chi connectivity index (χ3v) is 4.26. The molecule has 0 heterocycles. The third kappa shape index (κ3) is 3.69. The van der Waals surface area contributed by atoms with Crippen LogP contribution in [0.15, 0.2) is 53.4 Å². The fourth-order valence-electron chi connectivity index (χ4n) is 1.81. The third-order valence-electron chi connectivity index (χ3n) is 2.73. The van der Waals surface area contributed by atoms with Gasteiger partial charge in [0.2, 0.25) is 0 Å². The molecular formula is C14H13F2NO3S. The van der Waals surface area contributed by atoms with Gasteiger partial charge in [0.15, 0.2) is 0 Å². The first-order valence-electron chi connectivity index (χ1n) is 6.02. The number of ether oxygens (including phenoxy) is 1. The Labute approximate surface area is 121 Å². The Hall–Kier alpha value is -2.15. The van der Waals surface area contributed by atoms with E-state index in [0.29, 0.717) is 5.56 Å². The van der Waals surface area contributed by atoms with Crippen LogP contribution in [0.5, 0.6) is 5.75 Å². The minimum Gasteiger partial charge on any atom is -0.433 e. The molecule has 0 aliphatic heterocycles. The molecule has 7 heteroatoms. The number of alkyl halides is 2. The van der Waals surface area contributed by atoms with Gasteiger partial charge in [0, 0.05) is 0 Å². The first-order valence-corrected chi connectivity index (χ1v) is 7.51. The number of rotatable bonds is 5. The average molecular weight is 313 g/mol. The molecule has 21 heavy (non-hydrogen) atoms. The van der Waals surface area contributed by atoms with E-state index in [9.17, 15) is 17.2 Å². The summed E-state index contributed by atoms with van der Waals surface area (Å²) in [5.74, 6) is -0.232. The van der Waals surface area contributed by atoms with Crippen molar-refractivity contribution in [3.63, 3.8) is 0 Å². The van der Waals surface area contributed by atoms with Crippen molar-refractivity contribution < 1.29 is 21.9 Å². The van der Waals surface area contributed by atoms with Gasteiger partial charge in [-0.1, -0.05) is 30.3 Å². The lowest BCUT2D eigenvalue weighted by Gasteiger charge is -2.14. The van der Waals surface area contributed by atoms with Gasteiger partial charge in [-0.25, -0.2) is 8.42 Å². The molecule has 0 saturated carbocycles. The molecule has 0 aliphatic carbocycles. The fraction of sp³-hybridized carbons (Fsp3) is 0.143. The van der Waals surface area contributed by atoms with Crippen molar-refractivity contribution in [2.75, 3.05) is 4.72 Å². The van der Waals surface area contributed by atoms with Crippen LogP contribution >= 0.6 is 0 Å². The van der Waals surface area contributed by atoms with Crippen molar-refractivity contribution in [2.24, 2.45) is 0 Å². The molecule has 0 fully saturated rings. The Morgan fingerprint density at radius 3 is 2.33 bits per heavy atom. The second kappa shape index (κ2) is 6.09. The zero-order valence-electron chi connectivity index (χ0n) is 11.1. The van der Waals surface area contributed by atoms with Gasteiger partial charge in [-0.15, -0.1) is 0 Å². The van der Waals surface area contributed by atoms with Gasteiger partial charge < -0.3 is 4.74 Å². The molecule has 0 bridgehead atoms. The largest absolute Gasteiger partial charge is 0.433 e. The molecule has 0 aromatic heterocycles.